The van der Waals surface area contributed by atoms with E-state index in [4.69, 9.17) is 20.3 Å². The lowest BCUT2D eigenvalue weighted by atomic mass is 10.1. The summed E-state index contributed by atoms with van der Waals surface area (Å²) in [6.07, 6.45) is 4.80. The highest BCUT2D eigenvalue weighted by atomic mass is 16.4. The van der Waals surface area contributed by atoms with Crippen molar-refractivity contribution >= 4 is 51.3 Å². The smallest absolute Gasteiger partial charge is 0.317 e. The molecule has 0 bridgehead atoms. The Kier molecular flexibility index (Phi) is 12.9. The van der Waals surface area contributed by atoms with E-state index in [1.165, 1.54) is 9.80 Å². The fourth-order valence-corrected chi connectivity index (χ4v) is 4.80. The van der Waals surface area contributed by atoms with Gasteiger partial charge in [0.2, 0.25) is 5.91 Å². The van der Waals surface area contributed by atoms with Crippen LogP contribution >= 0.6 is 0 Å². The molecule has 1 aromatic heterocycles. The van der Waals surface area contributed by atoms with Gasteiger partial charge in [0.25, 0.3) is 0 Å². The molecule has 0 aliphatic heterocycles. The number of carbonyl (C=O) groups excluding carboxylic acids is 1. The molecule has 0 aliphatic carbocycles. The largest absolute Gasteiger partial charge is 0.480 e. The first-order valence-corrected chi connectivity index (χ1v) is 14.1. The third-order valence-corrected chi connectivity index (χ3v) is 6.74. The zero-order valence-electron chi connectivity index (χ0n) is 23.6. The normalized spacial score (nSPS) is 11.3. The van der Waals surface area contributed by atoms with Gasteiger partial charge in [0.05, 0.1) is 42.9 Å². The number of anilines is 1. The van der Waals surface area contributed by atoms with Crippen molar-refractivity contribution in [3.05, 3.63) is 48.5 Å². The molecule has 1 amide bonds. The van der Waals surface area contributed by atoms with E-state index in [0.29, 0.717) is 6.54 Å². The SMILES string of the molecule is O=C(O)CN(CCN(CC(=O)O)CC(=O)NCCCCCCCNc1c2ccccc2nc2ccccc12)CC(=O)O. The molecule has 0 unspecified atom stereocenters. The third-order valence-electron chi connectivity index (χ3n) is 6.74. The minimum atomic E-state index is -1.19. The minimum absolute atomic E-state index is 0.00161. The topological polar surface area (TPSA) is 172 Å². The number of pyridine rings is 1. The van der Waals surface area contributed by atoms with Gasteiger partial charge in [-0.25, -0.2) is 4.98 Å². The molecular formula is C30H39N5O7. The molecule has 0 saturated heterocycles. The lowest BCUT2D eigenvalue weighted by Crippen LogP contribution is -2.45. The van der Waals surface area contributed by atoms with E-state index in [2.05, 4.69) is 22.8 Å². The monoisotopic (exact) mass is 581 g/mol. The number of carboxylic acids is 3. The maximum absolute atomic E-state index is 12.4. The van der Waals surface area contributed by atoms with E-state index in [-0.39, 0.29) is 25.5 Å². The second-order valence-corrected chi connectivity index (χ2v) is 10.2. The van der Waals surface area contributed by atoms with E-state index in [0.717, 1.165) is 66.1 Å². The molecule has 0 saturated carbocycles. The number of fused-ring (bicyclic) bond motifs is 2. The Morgan fingerprint density at radius 1 is 0.619 bits per heavy atom. The average Bonchev–Trinajstić information content (AvgIpc) is 2.93. The number of para-hydroxylation sites is 2. The van der Waals surface area contributed by atoms with E-state index in [1.54, 1.807) is 0 Å². The lowest BCUT2D eigenvalue weighted by Gasteiger charge is -2.24. The van der Waals surface area contributed by atoms with Crippen LogP contribution in [0.25, 0.3) is 21.8 Å². The van der Waals surface area contributed by atoms with Crippen LogP contribution in [-0.2, 0) is 19.2 Å². The van der Waals surface area contributed by atoms with Gasteiger partial charge in [-0.05, 0) is 25.0 Å². The zero-order chi connectivity index (χ0) is 30.3. The van der Waals surface area contributed by atoms with Gasteiger partial charge in [0.1, 0.15) is 0 Å². The number of rotatable bonds is 20. The fraction of sp³-hybridized carbons (Fsp3) is 0.433. The maximum Gasteiger partial charge on any atom is 0.317 e. The van der Waals surface area contributed by atoms with Crippen LogP contribution < -0.4 is 10.6 Å². The van der Waals surface area contributed by atoms with Gasteiger partial charge in [0, 0.05) is 37.0 Å². The first-order valence-electron chi connectivity index (χ1n) is 14.1. The van der Waals surface area contributed by atoms with Crippen molar-refractivity contribution in [1.29, 1.82) is 0 Å². The molecule has 0 spiro atoms. The first-order chi connectivity index (χ1) is 20.2. The summed E-state index contributed by atoms with van der Waals surface area (Å²) in [5.74, 6) is -3.84. The van der Waals surface area contributed by atoms with Gasteiger partial charge in [-0.3, -0.25) is 29.0 Å². The van der Waals surface area contributed by atoms with Gasteiger partial charge < -0.3 is 26.0 Å². The molecule has 3 aromatic rings. The van der Waals surface area contributed by atoms with Gasteiger partial charge in [0.15, 0.2) is 0 Å². The molecule has 0 atom stereocenters. The van der Waals surface area contributed by atoms with Gasteiger partial charge in [-0.15, -0.1) is 0 Å². The highest BCUT2D eigenvalue weighted by Crippen LogP contribution is 2.30. The summed E-state index contributed by atoms with van der Waals surface area (Å²) >= 11 is 0. The van der Waals surface area contributed by atoms with E-state index in [1.807, 2.05) is 36.4 Å². The Balaban J connectivity index is 1.34. The molecule has 226 valence electrons. The summed E-state index contributed by atoms with van der Waals surface area (Å²) in [6.45, 7) is -0.229. The van der Waals surface area contributed by atoms with Crippen LogP contribution in [0, 0.1) is 0 Å². The summed E-state index contributed by atoms with van der Waals surface area (Å²) in [7, 11) is 0. The molecule has 0 aliphatic rings. The number of carbonyl (C=O) groups is 4. The predicted octanol–water partition coefficient (Wildman–Crippen LogP) is 2.72. The van der Waals surface area contributed by atoms with Gasteiger partial charge >= 0.3 is 17.9 Å². The molecule has 5 N–H and O–H groups in total. The fourth-order valence-electron chi connectivity index (χ4n) is 4.80. The predicted molar refractivity (Wildman–Crippen MR) is 160 cm³/mol. The third kappa shape index (κ3) is 10.9. The maximum atomic E-state index is 12.4. The Hall–Kier alpha value is -4.29. The molecule has 2 aromatic carbocycles. The Bertz CT molecular complexity index is 1300. The highest BCUT2D eigenvalue weighted by molar-refractivity contribution is 6.07. The molecule has 1 heterocycles. The van der Waals surface area contributed by atoms with Crippen LogP contribution in [0.2, 0.25) is 0 Å². The molecule has 0 radical (unpaired) electrons. The Labute approximate surface area is 244 Å². The van der Waals surface area contributed by atoms with Crippen molar-refractivity contribution in [1.82, 2.24) is 20.1 Å². The Morgan fingerprint density at radius 2 is 1.07 bits per heavy atom. The van der Waals surface area contributed by atoms with Crippen molar-refractivity contribution in [2.45, 2.75) is 32.1 Å². The number of hydrogen-bond donors (Lipinski definition) is 5. The summed E-state index contributed by atoms with van der Waals surface area (Å²) in [5, 5.41) is 35.7. The number of nitrogens with zero attached hydrogens (tertiary/aromatic N) is 3. The van der Waals surface area contributed by atoms with Gasteiger partial charge in [-0.2, -0.15) is 0 Å². The van der Waals surface area contributed by atoms with Crippen LogP contribution in [-0.4, -0.2) is 106 Å². The number of amides is 1. The van der Waals surface area contributed by atoms with Crippen molar-refractivity contribution < 1.29 is 34.5 Å². The average molecular weight is 582 g/mol. The summed E-state index contributed by atoms with van der Waals surface area (Å²) < 4.78 is 0. The quantitative estimate of drug-likeness (QED) is 0.0981. The summed E-state index contributed by atoms with van der Waals surface area (Å²) in [5.41, 5.74) is 3.03. The summed E-state index contributed by atoms with van der Waals surface area (Å²) in [4.78, 5) is 52.8. The van der Waals surface area contributed by atoms with E-state index in [9.17, 15) is 19.2 Å². The number of carboxylic acid groups (broad SMARTS) is 3. The van der Waals surface area contributed by atoms with Crippen molar-refractivity contribution in [2.24, 2.45) is 0 Å². The molecule has 0 fully saturated rings. The van der Waals surface area contributed by atoms with E-state index >= 15 is 0 Å². The standard InChI is InChI=1S/C30H39N5O7/c36-26(18-34(19-27(37)38)16-17-35(20-28(39)40)21-29(41)42)31-14-8-2-1-3-9-15-32-30-22-10-4-6-12-24(22)33-25-13-7-5-11-23(25)30/h4-7,10-13H,1-3,8-9,14-21H2,(H,31,36)(H,32,33)(H,37,38)(H,39,40)(H,41,42). The zero-order valence-corrected chi connectivity index (χ0v) is 23.6. The van der Waals surface area contributed by atoms with E-state index < -0.39 is 37.5 Å². The second-order valence-electron chi connectivity index (χ2n) is 10.2. The minimum Gasteiger partial charge on any atom is -0.480 e. The summed E-state index contributed by atoms with van der Waals surface area (Å²) in [6, 6.07) is 16.2. The second kappa shape index (κ2) is 16.8. The lowest BCUT2D eigenvalue weighted by molar-refractivity contribution is -0.143. The number of aromatic nitrogens is 1. The highest BCUT2D eigenvalue weighted by Gasteiger charge is 2.18. The van der Waals surface area contributed by atoms with Crippen molar-refractivity contribution in [3.63, 3.8) is 0 Å². The van der Waals surface area contributed by atoms with Crippen LogP contribution in [0.5, 0.6) is 0 Å². The number of nitrogens with one attached hydrogen (secondary N) is 2. The molecule has 3 rings (SSSR count). The number of hydrogen-bond acceptors (Lipinski definition) is 8. The van der Waals surface area contributed by atoms with Crippen molar-refractivity contribution in [2.75, 3.05) is 57.7 Å². The number of aliphatic carboxylic acids is 3. The number of benzene rings is 2. The molecule has 12 heteroatoms. The Morgan fingerprint density at radius 3 is 1.60 bits per heavy atom. The molecular weight excluding hydrogens is 542 g/mol. The molecule has 42 heavy (non-hydrogen) atoms. The number of unbranched alkanes of at least 4 members (excludes halogenated alkanes) is 4. The van der Waals surface area contributed by atoms with Crippen LogP contribution in [0.15, 0.2) is 48.5 Å². The van der Waals surface area contributed by atoms with Crippen LogP contribution in [0.1, 0.15) is 32.1 Å². The van der Waals surface area contributed by atoms with Crippen molar-refractivity contribution in [3.8, 4) is 0 Å². The first kappa shape index (κ1) is 32.2. The van der Waals surface area contributed by atoms with Crippen LogP contribution in [0.3, 0.4) is 0 Å². The van der Waals surface area contributed by atoms with Gasteiger partial charge in [-0.1, -0.05) is 55.7 Å². The van der Waals surface area contributed by atoms with Crippen LogP contribution in [0.4, 0.5) is 5.69 Å². The molecule has 12 nitrogen and oxygen atoms in total.